The van der Waals surface area contributed by atoms with Gasteiger partial charge in [0.15, 0.2) is 0 Å². The molecule has 1 aromatic rings. The third-order valence-electron chi connectivity index (χ3n) is 5.71. The van der Waals surface area contributed by atoms with E-state index in [1.165, 1.54) is 36.8 Å². The van der Waals surface area contributed by atoms with Gasteiger partial charge in [0.1, 0.15) is 0 Å². The van der Waals surface area contributed by atoms with Crippen molar-refractivity contribution in [2.24, 2.45) is 0 Å². The molecule has 0 N–H and O–H groups in total. The summed E-state index contributed by atoms with van der Waals surface area (Å²) in [6, 6.07) is 9.66. The maximum Gasteiger partial charge on any atom is 0.222 e. The third kappa shape index (κ3) is 2.83. The zero-order valence-corrected chi connectivity index (χ0v) is 14.0. The smallest absolute Gasteiger partial charge is 0.222 e. The van der Waals surface area contributed by atoms with Crippen LogP contribution in [0.4, 0.5) is 0 Å². The lowest BCUT2D eigenvalue weighted by atomic mass is 9.92. The first-order valence-electron chi connectivity index (χ1n) is 9.05. The summed E-state index contributed by atoms with van der Waals surface area (Å²) in [6.45, 7) is 5.18. The summed E-state index contributed by atoms with van der Waals surface area (Å²) in [7, 11) is 0. The first kappa shape index (κ1) is 14.9. The van der Waals surface area contributed by atoms with E-state index >= 15 is 0 Å². The molecule has 1 aromatic carbocycles. The van der Waals surface area contributed by atoms with E-state index in [1.807, 2.05) is 6.92 Å². The third-order valence-corrected chi connectivity index (χ3v) is 5.71. The highest BCUT2D eigenvalue weighted by Gasteiger charge is 2.41. The van der Waals surface area contributed by atoms with E-state index in [0.717, 1.165) is 19.6 Å². The number of hydrogen-bond donors (Lipinski definition) is 0. The number of fused-ring (bicyclic) bond motifs is 3. The molecule has 4 rings (SSSR count). The van der Waals surface area contributed by atoms with Gasteiger partial charge < -0.3 is 4.90 Å². The van der Waals surface area contributed by atoms with Crippen molar-refractivity contribution in [3.63, 3.8) is 0 Å². The Kier molecular flexibility index (Phi) is 3.98. The van der Waals surface area contributed by atoms with Crippen molar-refractivity contribution in [1.82, 2.24) is 9.80 Å². The van der Waals surface area contributed by atoms with Gasteiger partial charge in [-0.3, -0.25) is 9.69 Å². The zero-order valence-electron chi connectivity index (χ0n) is 14.0. The van der Waals surface area contributed by atoms with Crippen LogP contribution in [0.5, 0.6) is 0 Å². The molecule has 0 spiro atoms. The molecule has 122 valence electrons. The fraction of sp³-hybridized carbons (Fsp3) is 0.550. The Balaban J connectivity index is 1.44. The number of carbonyl (C=O) groups is 1. The Morgan fingerprint density at radius 3 is 2.61 bits per heavy atom. The molecule has 3 heteroatoms. The second-order valence-electron chi connectivity index (χ2n) is 7.24. The molecule has 1 amide bonds. The molecule has 0 saturated carbocycles. The number of nitrogens with zero attached hydrogens (tertiary/aromatic N) is 2. The first-order valence-corrected chi connectivity index (χ1v) is 9.05. The van der Waals surface area contributed by atoms with Gasteiger partial charge in [-0.05, 0) is 36.8 Å². The van der Waals surface area contributed by atoms with E-state index in [-0.39, 0.29) is 0 Å². The van der Waals surface area contributed by atoms with E-state index < -0.39 is 0 Å². The van der Waals surface area contributed by atoms with Crippen LogP contribution in [0.3, 0.4) is 0 Å². The van der Waals surface area contributed by atoms with Crippen molar-refractivity contribution >= 4 is 12.0 Å². The lowest BCUT2D eigenvalue weighted by Crippen LogP contribution is -2.55. The van der Waals surface area contributed by atoms with Crippen LogP contribution < -0.4 is 0 Å². The minimum absolute atomic E-state index is 0.350. The molecular formula is C20H26N2O. The van der Waals surface area contributed by atoms with Crippen molar-refractivity contribution in [2.45, 2.75) is 51.1 Å². The summed E-state index contributed by atoms with van der Waals surface area (Å²) in [4.78, 5) is 16.9. The summed E-state index contributed by atoms with van der Waals surface area (Å²) in [5.74, 6) is 0.350. The van der Waals surface area contributed by atoms with Gasteiger partial charge in [0, 0.05) is 38.1 Å². The molecule has 3 aliphatic rings. The molecule has 2 saturated heterocycles. The molecule has 2 bridgehead atoms. The SMILES string of the molecule is CCC(=O)N1C2CCC1CN(CC1=Cc3ccccc3CC1)C2. The monoisotopic (exact) mass is 310 g/mol. The summed E-state index contributed by atoms with van der Waals surface area (Å²) in [6.07, 6.45) is 7.77. The predicted octanol–water partition coefficient (Wildman–Crippen LogP) is 3.10. The molecule has 2 aliphatic heterocycles. The summed E-state index contributed by atoms with van der Waals surface area (Å²) < 4.78 is 0. The Morgan fingerprint density at radius 2 is 1.87 bits per heavy atom. The van der Waals surface area contributed by atoms with Gasteiger partial charge in [-0.15, -0.1) is 0 Å². The van der Waals surface area contributed by atoms with Gasteiger partial charge in [-0.25, -0.2) is 0 Å². The van der Waals surface area contributed by atoms with Crippen LogP contribution in [0.25, 0.3) is 6.08 Å². The van der Waals surface area contributed by atoms with Gasteiger partial charge in [0.25, 0.3) is 0 Å². The Labute approximate surface area is 139 Å². The molecule has 3 nitrogen and oxygen atoms in total. The fourth-order valence-electron chi connectivity index (χ4n) is 4.61. The Bertz CT molecular complexity index is 622. The number of aryl methyl sites for hydroxylation is 1. The molecule has 2 atom stereocenters. The predicted molar refractivity (Wildman–Crippen MR) is 93.1 cm³/mol. The van der Waals surface area contributed by atoms with Crippen molar-refractivity contribution in [3.8, 4) is 0 Å². The van der Waals surface area contributed by atoms with Crippen LogP contribution in [0.2, 0.25) is 0 Å². The highest BCUT2D eigenvalue weighted by molar-refractivity contribution is 5.77. The normalized spacial score (nSPS) is 26.8. The molecule has 23 heavy (non-hydrogen) atoms. The van der Waals surface area contributed by atoms with Gasteiger partial charge >= 0.3 is 0 Å². The van der Waals surface area contributed by atoms with E-state index in [1.54, 1.807) is 5.57 Å². The van der Waals surface area contributed by atoms with Gasteiger partial charge in [-0.1, -0.05) is 42.8 Å². The van der Waals surface area contributed by atoms with Crippen LogP contribution in [-0.2, 0) is 11.2 Å². The van der Waals surface area contributed by atoms with E-state index in [0.29, 0.717) is 24.4 Å². The zero-order chi connectivity index (χ0) is 15.8. The lowest BCUT2D eigenvalue weighted by molar-refractivity contribution is -0.136. The van der Waals surface area contributed by atoms with Crippen molar-refractivity contribution in [3.05, 3.63) is 41.0 Å². The maximum absolute atomic E-state index is 12.2. The number of likely N-dealkylation sites (tertiary alicyclic amines) is 1. The second kappa shape index (κ2) is 6.12. The van der Waals surface area contributed by atoms with Crippen molar-refractivity contribution in [1.29, 1.82) is 0 Å². The second-order valence-corrected chi connectivity index (χ2v) is 7.24. The van der Waals surface area contributed by atoms with Crippen LogP contribution in [-0.4, -0.2) is 47.4 Å². The molecule has 1 aliphatic carbocycles. The highest BCUT2D eigenvalue weighted by Crippen LogP contribution is 2.32. The summed E-state index contributed by atoms with van der Waals surface area (Å²) >= 11 is 0. The van der Waals surface area contributed by atoms with Gasteiger partial charge in [-0.2, -0.15) is 0 Å². The van der Waals surface area contributed by atoms with Gasteiger partial charge in [0.05, 0.1) is 0 Å². The molecule has 2 fully saturated rings. The highest BCUT2D eigenvalue weighted by atomic mass is 16.2. The standard InChI is InChI=1S/C20H26N2O/c1-2-20(23)22-18-9-10-19(22)14-21(13-18)12-15-7-8-16-5-3-4-6-17(16)11-15/h3-6,11,18-19H,2,7-10,12-14H2,1H3. The molecule has 2 unspecified atom stereocenters. The van der Waals surface area contributed by atoms with Crippen LogP contribution in [0, 0.1) is 0 Å². The Hall–Kier alpha value is -1.61. The number of benzene rings is 1. The van der Waals surface area contributed by atoms with Crippen LogP contribution in [0.15, 0.2) is 29.8 Å². The molecule has 0 aromatic heterocycles. The molecular weight excluding hydrogens is 284 g/mol. The molecule has 0 radical (unpaired) electrons. The van der Waals surface area contributed by atoms with E-state index in [9.17, 15) is 4.79 Å². The van der Waals surface area contributed by atoms with Crippen molar-refractivity contribution in [2.75, 3.05) is 19.6 Å². The van der Waals surface area contributed by atoms with Gasteiger partial charge in [0.2, 0.25) is 5.91 Å². The van der Waals surface area contributed by atoms with Crippen LogP contribution in [0.1, 0.15) is 43.7 Å². The molecule has 2 heterocycles. The Morgan fingerprint density at radius 1 is 1.13 bits per heavy atom. The largest absolute Gasteiger partial charge is 0.334 e. The number of amides is 1. The topological polar surface area (TPSA) is 23.6 Å². The number of rotatable bonds is 3. The van der Waals surface area contributed by atoms with Crippen LogP contribution >= 0.6 is 0 Å². The fourth-order valence-corrected chi connectivity index (χ4v) is 4.61. The summed E-state index contributed by atoms with van der Waals surface area (Å²) in [5, 5.41) is 0. The quantitative estimate of drug-likeness (QED) is 0.856. The average Bonchev–Trinajstić information content (AvgIpc) is 2.85. The number of hydrogen-bond acceptors (Lipinski definition) is 2. The van der Waals surface area contributed by atoms with E-state index in [2.05, 4.69) is 40.1 Å². The minimum Gasteiger partial charge on any atom is -0.334 e. The first-order chi connectivity index (χ1) is 11.2. The number of carbonyl (C=O) groups excluding carboxylic acids is 1. The number of piperazine rings is 1. The average molecular weight is 310 g/mol. The maximum atomic E-state index is 12.2. The summed E-state index contributed by atoms with van der Waals surface area (Å²) in [5.41, 5.74) is 4.43. The lowest BCUT2D eigenvalue weighted by Gasteiger charge is -2.41. The minimum atomic E-state index is 0.350. The van der Waals surface area contributed by atoms with Crippen molar-refractivity contribution < 1.29 is 4.79 Å². The van der Waals surface area contributed by atoms with E-state index in [4.69, 9.17) is 0 Å².